The van der Waals surface area contributed by atoms with Gasteiger partial charge in [0.05, 0.1) is 0 Å². The topological polar surface area (TPSA) is 30.5 Å². The summed E-state index contributed by atoms with van der Waals surface area (Å²) in [5.74, 6) is -1.63. The third-order valence-corrected chi connectivity index (χ3v) is 2.88. The summed E-state index contributed by atoms with van der Waals surface area (Å²) in [6, 6.07) is 12.2. The maximum Gasteiger partial charge on any atom is 0.573 e. The lowest BCUT2D eigenvalue weighted by Gasteiger charge is -2.15. The van der Waals surface area contributed by atoms with Gasteiger partial charge >= 0.3 is 12.7 Å². The zero-order valence-corrected chi connectivity index (χ0v) is 12.5. The van der Waals surface area contributed by atoms with Crippen LogP contribution in [0.2, 0.25) is 0 Å². The number of alkyl halides is 6. The maximum absolute atomic E-state index is 12.3. The van der Waals surface area contributed by atoms with Crippen LogP contribution in [-0.2, 0) is 6.42 Å². The van der Waals surface area contributed by atoms with Gasteiger partial charge in [-0.2, -0.15) is 0 Å². The number of hydrogen-bond donors (Lipinski definition) is 1. The lowest BCUT2D eigenvalue weighted by molar-refractivity contribution is -0.276. The molecule has 0 spiro atoms. The third-order valence-electron chi connectivity index (χ3n) is 2.88. The first-order valence-electron chi connectivity index (χ1n) is 6.96. The van der Waals surface area contributed by atoms with Gasteiger partial charge in [0.25, 0.3) is 0 Å². The highest BCUT2D eigenvalue weighted by Crippen LogP contribution is 2.33. The Morgan fingerprint density at radius 1 is 0.840 bits per heavy atom. The second kappa shape index (κ2) is 7.54. The van der Waals surface area contributed by atoms with Crippen molar-refractivity contribution >= 4 is 5.69 Å². The van der Waals surface area contributed by atoms with Crippen LogP contribution in [0.1, 0.15) is 5.56 Å². The van der Waals surface area contributed by atoms with Crippen molar-refractivity contribution in [1.82, 2.24) is 0 Å². The molecule has 0 atom stereocenters. The SMILES string of the molecule is FC(F)(F)Oc1cc(NCCc2cc[c]cc2)cc(OC(F)(F)F)c1. The zero-order valence-electron chi connectivity index (χ0n) is 12.5. The Hall–Kier alpha value is -2.58. The smallest absolute Gasteiger partial charge is 0.406 e. The van der Waals surface area contributed by atoms with Crippen molar-refractivity contribution in [2.75, 3.05) is 11.9 Å². The molecule has 0 heterocycles. The average molecular weight is 364 g/mol. The Balaban J connectivity index is 2.11. The highest BCUT2D eigenvalue weighted by Gasteiger charge is 2.33. The van der Waals surface area contributed by atoms with Gasteiger partial charge in [0.2, 0.25) is 0 Å². The minimum atomic E-state index is -5.03. The first-order valence-corrected chi connectivity index (χ1v) is 6.96. The Morgan fingerprint density at radius 3 is 1.84 bits per heavy atom. The van der Waals surface area contributed by atoms with Crippen molar-refractivity contribution in [2.24, 2.45) is 0 Å². The van der Waals surface area contributed by atoms with E-state index in [0.717, 1.165) is 17.7 Å². The van der Waals surface area contributed by atoms with Crippen LogP contribution in [0.5, 0.6) is 11.5 Å². The van der Waals surface area contributed by atoms with Crippen LogP contribution in [0.3, 0.4) is 0 Å². The Bertz CT molecular complexity index is 651. The summed E-state index contributed by atoms with van der Waals surface area (Å²) in [6.45, 7) is 0.283. The summed E-state index contributed by atoms with van der Waals surface area (Å²) in [5, 5.41) is 2.74. The standard InChI is InChI=1S/C16H12F6NO2/c17-15(18,19)24-13-8-12(9-14(10-13)25-16(20,21)22)23-7-6-11-4-2-1-3-5-11/h2-5,8-10,23H,6-7H2. The fourth-order valence-corrected chi connectivity index (χ4v) is 2.00. The minimum Gasteiger partial charge on any atom is -0.406 e. The van der Waals surface area contributed by atoms with Gasteiger partial charge in [0, 0.05) is 30.4 Å². The maximum atomic E-state index is 12.3. The largest absolute Gasteiger partial charge is 0.573 e. The molecule has 135 valence electrons. The first kappa shape index (κ1) is 18.8. The molecule has 0 saturated heterocycles. The summed E-state index contributed by atoms with van der Waals surface area (Å²) in [6.07, 6.45) is -9.56. The number of anilines is 1. The van der Waals surface area contributed by atoms with Crippen LogP contribution < -0.4 is 14.8 Å². The summed E-state index contributed by atoms with van der Waals surface area (Å²) >= 11 is 0. The molecule has 0 amide bonds. The van der Waals surface area contributed by atoms with E-state index in [4.69, 9.17) is 0 Å². The van der Waals surface area contributed by atoms with Crippen molar-refractivity contribution < 1.29 is 35.8 Å². The van der Waals surface area contributed by atoms with Gasteiger partial charge in [-0.05, 0) is 18.1 Å². The minimum absolute atomic E-state index is 0.00323. The quantitative estimate of drug-likeness (QED) is 0.737. The van der Waals surface area contributed by atoms with E-state index >= 15 is 0 Å². The number of hydrogen-bond acceptors (Lipinski definition) is 3. The molecule has 0 aromatic heterocycles. The fourth-order valence-electron chi connectivity index (χ4n) is 2.00. The molecule has 2 aromatic rings. The van der Waals surface area contributed by atoms with Crippen LogP contribution >= 0.6 is 0 Å². The number of halogens is 6. The zero-order chi connectivity index (χ0) is 18.5. The normalized spacial score (nSPS) is 11.9. The molecule has 25 heavy (non-hydrogen) atoms. The molecule has 2 aromatic carbocycles. The molecule has 3 nitrogen and oxygen atoms in total. The number of rotatable bonds is 6. The molecule has 0 fully saturated rings. The summed E-state index contributed by atoms with van der Waals surface area (Å²) in [5.41, 5.74) is 0.934. The van der Waals surface area contributed by atoms with E-state index in [9.17, 15) is 26.3 Å². The van der Waals surface area contributed by atoms with Gasteiger partial charge in [-0.3, -0.25) is 0 Å². The second-order valence-electron chi connectivity index (χ2n) is 4.87. The highest BCUT2D eigenvalue weighted by atomic mass is 19.4. The molecule has 0 aliphatic heterocycles. The Morgan fingerprint density at radius 2 is 1.36 bits per heavy atom. The molecular weight excluding hydrogens is 352 g/mol. The van der Waals surface area contributed by atoms with Gasteiger partial charge in [-0.1, -0.05) is 24.3 Å². The van der Waals surface area contributed by atoms with Gasteiger partial charge in [-0.25, -0.2) is 0 Å². The average Bonchev–Trinajstić information content (AvgIpc) is 2.44. The lowest BCUT2D eigenvalue weighted by atomic mass is 10.1. The van der Waals surface area contributed by atoms with Crippen molar-refractivity contribution in [3.63, 3.8) is 0 Å². The number of ether oxygens (including phenoxy) is 2. The highest BCUT2D eigenvalue weighted by molar-refractivity contribution is 5.54. The molecule has 0 bridgehead atoms. The Kier molecular flexibility index (Phi) is 5.66. The predicted octanol–water partition coefficient (Wildman–Crippen LogP) is 4.94. The molecular formula is C16H12F6NO2. The number of nitrogens with one attached hydrogen (secondary N) is 1. The Labute approximate surface area is 139 Å². The van der Waals surface area contributed by atoms with Crippen LogP contribution in [0, 0.1) is 6.07 Å². The third kappa shape index (κ3) is 7.23. The van der Waals surface area contributed by atoms with Crippen molar-refractivity contribution in [3.05, 3.63) is 54.1 Å². The number of benzene rings is 2. The molecule has 1 N–H and O–H groups in total. The van der Waals surface area contributed by atoms with E-state index in [-0.39, 0.29) is 12.2 Å². The van der Waals surface area contributed by atoms with Gasteiger partial charge in [-0.15, -0.1) is 26.3 Å². The van der Waals surface area contributed by atoms with Crippen LogP contribution in [0.25, 0.3) is 0 Å². The first-order chi connectivity index (χ1) is 11.6. The van der Waals surface area contributed by atoms with Crippen molar-refractivity contribution in [1.29, 1.82) is 0 Å². The summed E-state index contributed by atoms with van der Waals surface area (Å²) < 4.78 is 81.2. The van der Waals surface area contributed by atoms with Crippen LogP contribution in [-0.4, -0.2) is 19.3 Å². The molecule has 0 unspecified atom stereocenters. The molecule has 0 aliphatic carbocycles. The van der Waals surface area contributed by atoms with Gasteiger partial charge in [0.15, 0.2) is 0 Å². The molecule has 2 rings (SSSR count). The second-order valence-corrected chi connectivity index (χ2v) is 4.87. The van der Waals surface area contributed by atoms with E-state index in [0.29, 0.717) is 12.5 Å². The van der Waals surface area contributed by atoms with E-state index in [1.165, 1.54) is 0 Å². The van der Waals surface area contributed by atoms with Crippen molar-refractivity contribution in [3.8, 4) is 11.5 Å². The summed E-state index contributed by atoms with van der Waals surface area (Å²) in [4.78, 5) is 0. The fraction of sp³-hybridized carbons (Fsp3) is 0.250. The van der Waals surface area contributed by atoms with Crippen LogP contribution in [0.4, 0.5) is 32.0 Å². The van der Waals surface area contributed by atoms with Crippen molar-refractivity contribution in [2.45, 2.75) is 19.1 Å². The monoisotopic (exact) mass is 364 g/mol. The van der Waals surface area contributed by atoms with Gasteiger partial charge < -0.3 is 14.8 Å². The van der Waals surface area contributed by atoms with E-state index in [2.05, 4.69) is 20.9 Å². The van der Waals surface area contributed by atoms with Crippen LogP contribution in [0.15, 0.2) is 42.5 Å². The summed E-state index contributed by atoms with van der Waals surface area (Å²) in [7, 11) is 0. The van der Waals surface area contributed by atoms with E-state index in [1.807, 2.05) is 0 Å². The molecule has 1 radical (unpaired) electrons. The molecule has 9 heteroatoms. The predicted molar refractivity (Wildman–Crippen MR) is 77.3 cm³/mol. The van der Waals surface area contributed by atoms with E-state index < -0.39 is 24.2 Å². The molecule has 0 saturated carbocycles. The van der Waals surface area contributed by atoms with E-state index in [1.54, 1.807) is 24.3 Å². The molecule has 0 aliphatic rings. The van der Waals surface area contributed by atoms with Gasteiger partial charge in [0.1, 0.15) is 11.5 Å². The lowest BCUT2D eigenvalue weighted by Crippen LogP contribution is -2.19.